The van der Waals surface area contributed by atoms with Crippen LogP contribution in [-0.2, 0) is 0 Å². The zero-order valence-corrected chi connectivity index (χ0v) is 9.52. The van der Waals surface area contributed by atoms with E-state index >= 15 is 0 Å². The molecule has 1 aromatic carbocycles. The number of para-hydroxylation sites is 1. The Morgan fingerprint density at radius 2 is 2.12 bits per heavy atom. The molecule has 0 aliphatic heterocycles. The predicted molar refractivity (Wildman–Crippen MR) is 66.7 cm³/mol. The van der Waals surface area contributed by atoms with Gasteiger partial charge in [-0.1, -0.05) is 17.3 Å². The molecule has 17 heavy (non-hydrogen) atoms. The summed E-state index contributed by atoms with van der Waals surface area (Å²) in [5, 5.41) is 12.2. The fourth-order valence-corrected chi connectivity index (χ4v) is 2.50. The number of hydrogen-bond acceptors (Lipinski definition) is 5. The van der Waals surface area contributed by atoms with Crippen LogP contribution in [0.4, 0.5) is 0 Å². The van der Waals surface area contributed by atoms with Crippen LogP contribution in [0, 0.1) is 0 Å². The van der Waals surface area contributed by atoms with E-state index in [0.29, 0.717) is 11.5 Å². The average Bonchev–Trinajstić information content (AvgIpc) is 2.94. The van der Waals surface area contributed by atoms with Crippen LogP contribution < -0.4 is 0 Å². The van der Waals surface area contributed by atoms with Crippen molar-refractivity contribution in [3.8, 4) is 10.8 Å². The van der Waals surface area contributed by atoms with Gasteiger partial charge >= 0.3 is 0 Å². The molecule has 4 nitrogen and oxygen atoms in total. The topological polar surface area (TPSA) is 58.6 Å². The molecule has 3 aromatic rings. The van der Waals surface area contributed by atoms with Gasteiger partial charge in [0.1, 0.15) is 12.0 Å². The lowest BCUT2D eigenvalue weighted by atomic mass is 10.3. The smallest absolute Gasteiger partial charge is 0.163 e. The summed E-state index contributed by atoms with van der Waals surface area (Å²) in [6.07, 6.45) is 1.25. The van der Waals surface area contributed by atoms with Crippen molar-refractivity contribution in [2.75, 3.05) is 0 Å². The number of benzene rings is 1. The summed E-state index contributed by atoms with van der Waals surface area (Å²) >= 11 is 1.57. The van der Waals surface area contributed by atoms with Crippen molar-refractivity contribution in [3.05, 3.63) is 42.2 Å². The number of aromatic nitrogens is 1. The molecule has 0 spiro atoms. The second kappa shape index (κ2) is 4.03. The SMILES string of the molecule is ON=Cc1ccc(-c2nc3ccccc3s2)o1. The molecule has 2 aromatic heterocycles. The summed E-state index contributed by atoms with van der Waals surface area (Å²) in [6, 6.07) is 11.5. The Bertz CT molecular complexity index is 651. The molecule has 0 saturated heterocycles. The standard InChI is InChI=1S/C12H8N2O2S/c15-13-7-8-5-6-10(16-8)12-14-9-3-1-2-4-11(9)17-12/h1-7,15H. The molecule has 0 saturated carbocycles. The summed E-state index contributed by atoms with van der Waals surface area (Å²) in [4.78, 5) is 4.47. The highest BCUT2D eigenvalue weighted by atomic mass is 32.1. The monoisotopic (exact) mass is 244 g/mol. The summed E-state index contributed by atoms with van der Waals surface area (Å²) < 4.78 is 6.60. The molecule has 0 amide bonds. The van der Waals surface area contributed by atoms with E-state index in [1.165, 1.54) is 6.21 Å². The van der Waals surface area contributed by atoms with Crippen molar-refractivity contribution in [3.63, 3.8) is 0 Å². The van der Waals surface area contributed by atoms with Gasteiger partial charge in [0.25, 0.3) is 0 Å². The van der Waals surface area contributed by atoms with Gasteiger partial charge in [-0.25, -0.2) is 4.98 Å². The predicted octanol–water partition coefficient (Wildman–Crippen LogP) is 3.36. The maximum Gasteiger partial charge on any atom is 0.163 e. The first-order valence-electron chi connectivity index (χ1n) is 5.00. The minimum absolute atomic E-state index is 0.502. The van der Waals surface area contributed by atoms with Gasteiger partial charge in [-0.3, -0.25) is 0 Å². The fraction of sp³-hybridized carbons (Fsp3) is 0. The van der Waals surface area contributed by atoms with E-state index < -0.39 is 0 Å². The van der Waals surface area contributed by atoms with Crippen molar-refractivity contribution in [2.45, 2.75) is 0 Å². The largest absolute Gasteiger partial charge is 0.452 e. The Hall–Kier alpha value is -2.14. The Labute approximate surface area is 101 Å². The number of thiazole rings is 1. The molecule has 3 rings (SSSR count). The molecule has 0 atom stereocenters. The van der Waals surface area contributed by atoms with Crippen molar-refractivity contribution in [1.82, 2.24) is 4.98 Å². The van der Waals surface area contributed by atoms with E-state index in [1.807, 2.05) is 30.3 Å². The van der Waals surface area contributed by atoms with Gasteiger partial charge in [0.05, 0.1) is 10.2 Å². The van der Waals surface area contributed by atoms with E-state index in [0.717, 1.165) is 15.2 Å². The molecule has 0 aliphatic rings. The van der Waals surface area contributed by atoms with Crippen LogP contribution in [0.15, 0.2) is 46.0 Å². The second-order valence-electron chi connectivity index (χ2n) is 3.43. The Balaban J connectivity index is 2.07. The molecule has 0 unspecified atom stereocenters. The Morgan fingerprint density at radius 3 is 2.94 bits per heavy atom. The molecule has 0 radical (unpaired) electrons. The first kappa shape index (κ1) is 10.0. The van der Waals surface area contributed by atoms with E-state index in [9.17, 15) is 0 Å². The number of rotatable bonds is 2. The number of nitrogens with zero attached hydrogens (tertiary/aromatic N) is 2. The molecule has 5 heteroatoms. The van der Waals surface area contributed by atoms with Gasteiger partial charge in [0, 0.05) is 0 Å². The highest BCUT2D eigenvalue weighted by molar-refractivity contribution is 7.21. The van der Waals surface area contributed by atoms with Crippen molar-refractivity contribution in [2.24, 2.45) is 5.16 Å². The first-order valence-corrected chi connectivity index (χ1v) is 5.82. The van der Waals surface area contributed by atoms with Crippen molar-refractivity contribution >= 4 is 27.8 Å². The van der Waals surface area contributed by atoms with Crippen LogP contribution in [-0.4, -0.2) is 16.4 Å². The van der Waals surface area contributed by atoms with Crippen molar-refractivity contribution in [1.29, 1.82) is 0 Å². The number of oxime groups is 1. The van der Waals surface area contributed by atoms with Crippen LogP contribution >= 0.6 is 11.3 Å². The summed E-state index contributed by atoms with van der Waals surface area (Å²) in [6.45, 7) is 0. The Kier molecular flexibility index (Phi) is 2.38. The third-order valence-electron chi connectivity index (χ3n) is 2.32. The van der Waals surface area contributed by atoms with Crippen LogP contribution in [0.3, 0.4) is 0 Å². The molecule has 84 valence electrons. The minimum atomic E-state index is 0.502. The average molecular weight is 244 g/mol. The fourth-order valence-electron chi connectivity index (χ4n) is 1.57. The number of hydrogen-bond donors (Lipinski definition) is 1. The third-order valence-corrected chi connectivity index (χ3v) is 3.37. The molecule has 0 aliphatic carbocycles. The number of furan rings is 1. The molecular weight excluding hydrogens is 236 g/mol. The van der Waals surface area contributed by atoms with Gasteiger partial charge in [-0.05, 0) is 24.3 Å². The highest BCUT2D eigenvalue weighted by Crippen LogP contribution is 2.30. The first-order chi connectivity index (χ1) is 8.36. The summed E-state index contributed by atoms with van der Waals surface area (Å²) in [7, 11) is 0. The molecular formula is C12H8N2O2S. The molecule has 0 fully saturated rings. The summed E-state index contributed by atoms with van der Waals surface area (Å²) in [5.41, 5.74) is 0.960. The van der Waals surface area contributed by atoms with Gasteiger partial charge in [0.2, 0.25) is 0 Å². The van der Waals surface area contributed by atoms with Gasteiger partial charge in [-0.2, -0.15) is 0 Å². The van der Waals surface area contributed by atoms with Gasteiger partial charge in [-0.15, -0.1) is 11.3 Å². The molecule has 1 N–H and O–H groups in total. The number of fused-ring (bicyclic) bond motifs is 1. The van der Waals surface area contributed by atoms with Crippen LogP contribution in [0.1, 0.15) is 5.76 Å². The van der Waals surface area contributed by atoms with Gasteiger partial charge < -0.3 is 9.62 Å². The molecule has 0 bridgehead atoms. The Morgan fingerprint density at radius 1 is 1.24 bits per heavy atom. The lowest BCUT2D eigenvalue weighted by molar-refractivity contribution is 0.321. The van der Waals surface area contributed by atoms with E-state index in [-0.39, 0.29) is 0 Å². The minimum Gasteiger partial charge on any atom is -0.452 e. The molecule has 2 heterocycles. The lowest BCUT2D eigenvalue weighted by Gasteiger charge is -1.86. The van der Waals surface area contributed by atoms with Crippen LogP contribution in [0.25, 0.3) is 21.0 Å². The second-order valence-corrected chi connectivity index (χ2v) is 4.46. The zero-order valence-electron chi connectivity index (χ0n) is 8.70. The maximum absolute atomic E-state index is 8.41. The normalized spacial score (nSPS) is 11.5. The van der Waals surface area contributed by atoms with E-state index in [1.54, 1.807) is 17.4 Å². The third kappa shape index (κ3) is 1.81. The maximum atomic E-state index is 8.41. The van der Waals surface area contributed by atoms with Crippen LogP contribution in [0.2, 0.25) is 0 Å². The van der Waals surface area contributed by atoms with E-state index in [2.05, 4.69) is 10.1 Å². The van der Waals surface area contributed by atoms with E-state index in [4.69, 9.17) is 9.62 Å². The zero-order chi connectivity index (χ0) is 11.7. The van der Waals surface area contributed by atoms with Crippen molar-refractivity contribution < 1.29 is 9.62 Å². The lowest BCUT2D eigenvalue weighted by Crippen LogP contribution is -1.73. The highest BCUT2D eigenvalue weighted by Gasteiger charge is 2.09. The summed E-state index contributed by atoms with van der Waals surface area (Å²) in [5.74, 6) is 1.18. The van der Waals surface area contributed by atoms with Gasteiger partial charge in [0.15, 0.2) is 10.8 Å². The quantitative estimate of drug-likeness (QED) is 0.427. The van der Waals surface area contributed by atoms with Crippen LogP contribution in [0.5, 0.6) is 0 Å².